The van der Waals surface area contributed by atoms with E-state index in [0.717, 1.165) is 6.07 Å². The average molecular weight is 388 g/mol. The molecule has 0 aliphatic rings. The van der Waals surface area contributed by atoms with Crippen molar-refractivity contribution in [3.05, 3.63) is 69.5 Å². The number of nitrogens with one attached hydrogen (secondary N) is 3. The Balaban J connectivity index is 1.67. The maximum Gasteiger partial charge on any atom is 0.292 e. The molecule has 0 heterocycles. The number of nitrogens with zero attached hydrogens (tertiary/aromatic N) is 1. The first-order chi connectivity index (χ1) is 13.4. The van der Waals surface area contributed by atoms with Gasteiger partial charge in [-0.15, -0.1) is 0 Å². The second kappa shape index (κ2) is 10.0. The minimum absolute atomic E-state index is 0.0573. The lowest BCUT2D eigenvalue weighted by molar-refractivity contribution is -0.384. The molecule has 2 rings (SSSR count). The molecular weight excluding hydrogens is 367 g/mol. The molecule has 0 saturated carbocycles. The van der Waals surface area contributed by atoms with E-state index in [1.807, 2.05) is 0 Å². The van der Waals surface area contributed by atoms with Crippen molar-refractivity contribution in [2.75, 3.05) is 25.0 Å². The van der Waals surface area contributed by atoms with Crippen LogP contribution in [0.2, 0.25) is 0 Å². The average Bonchev–Trinajstić information content (AvgIpc) is 2.67. The predicted octanol–water partition coefficient (Wildman–Crippen LogP) is 2.39. The zero-order chi connectivity index (χ0) is 20.5. The van der Waals surface area contributed by atoms with Crippen molar-refractivity contribution in [3.63, 3.8) is 0 Å². The van der Waals surface area contributed by atoms with Crippen LogP contribution in [0.4, 0.5) is 15.8 Å². The maximum absolute atomic E-state index is 13.5. The lowest BCUT2D eigenvalue weighted by atomic mass is 10.1. The summed E-state index contributed by atoms with van der Waals surface area (Å²) < 4.78 is 13.5. The van der Waals surface area contributed by atoms with Crippen LogP contribution in [0.1, 0.15) is 22.3 Å². The lowest BCUT2D eigenvalue weighted by Gasteiger charge is -2.09. The van der Waals surface area contributed by atoms with Crippen molar-refractivity contribution in [3.8, 4) is 0 Å². The van der Waals surface area contributed by atoms with Gasteiger partial charge in [0.2, 0.25) is 5.91 Å². The molecule has 8 nitrogen and oxygen atoms in total. The van der Waals surface area contributed by atoms with Gasteiger partial charge in [-0.3, -0.25) is 19.7 Å². The summed E-state index contributed by atoms with van der Waals surface area (Å²) in [6.45, 7) is 2.24. The molecule has 2 aromatic carbocycles. The molecule has 28 heavy (non-hydrogen) atoms. The van der Waals surface area contributed by atoms with Crippen LogP contribution in [0.25, 0.3) is 0 Å². The number of nitro groups is 1. The molecule has 0 fully saturated rings. The van der Waals surface area contributed by atoms with E-state index in [-0.39, 0.29) is 43.2 Å². The largest absolute Gasteiger partial charge is 0.379 e. The van der Waals surface area contributed by atoms with E-state index in [1.165, 1.54) is 18.2 Å². The van der Waals surface area contributed by atoms with Crippen molar-refractivity contribution in [2.45, 2.75) is 13.3 Å². The Morgan fingerprint density at radius 1 is 1.07 bits per heavy atom. The van der Waals surface area contributed by atoms with Gasteiger partial charge in [0, 0.05) is 37.7 Å². The van der Waals surface area contributed by atoms with Crippen LogP contribution in [0.15, 0.2) is 42.5 Å². The summed E-state index contributed by atoms with van der Waals surface area (Å²) in [7, 11) is 0. The van der Waals surface area contributed by atoms with Gasteiger partial charge in [-0.25, -0.2) is 4.39 Å². The molecule has 0 spiro atoms. The molecule has 0 unspecified atom stereocenters. The summed E-state index contributed by atoms with van der Waals surface area (Å²) in [6, 6.07) is 10.4. The van der Waals surface area contributed by atoms with Gasteiger partial charge in [0.1, 0.15) is 11.5 Å². The SMILES string of the molecule is Cc1ccc(C(=O)NCCNC(=O)CCNc2ccccc2[N+](=O)[O-])cc1F. The van der Waals surface area contributed by atoms with E-state index >= 15 is 0 Å². The highest BCUT2D eigenvalue weighted by atomic mass is 19.1. The minimum atomic E-state index is -0.495. The zero-order valence-electron chi connectivity index (χ0n) is 15.3. The Hall–Kier alpha value is -3.49. The first-order valence-corrected chi connectivity index (χ1v) is 8.67. The van der Waals surface area contributed by atoms with E-state index in [4.69, 9.17) is 0 Å². The molecule has 0 aliphatic heterocycles. The number of nitro benzene ring substituents is 1. The van der Waals surface area contributed by atoms with Crippen molar-refractivity contribution < 1.29 is 18.9 Å². The topological polar surface area (TPSA) is 113 Å². The molecule has 148 valence electrons. The highest BCUT2D eigenvalue weighted by Gasteiger charge is 2.12. The Bertz CT molecular complexity index is 873. The molecule has 2 amide bonds. The van der Waals surface area contributed by atoms with Gasteiger partial charge in [-0.1, -0.05) is 18.2 Å². The smallest absolute Gasteiger partial charge is 0.292 e. The number of para-hydroxylation sites is 2. The number of rotatable bonds is 9. The number of amides is 2. The number of aryl methyl sites for hydroxylation is 1. The Labute approximate surface area is 161 Å². The Morgan fingerprint density at radius 2 is 1.79 bits per heavy atom. The van der Waals surface area contributed by atoms with E-state index in [9.17, 15) is 24.1 Å². The fourth-order valence-electron chi connectivity index (χ4n) is 2.40. The second-order valence-corrected chi connectivity index (χ2v) is 6.02. The van der Waals surface area contributed by atoms with E-state index < -0.39 is 16.6 Å². The van der Waals surface area contributed by atoms with Crippen LogP contribution in [-0.2, 0) is 4.79 Å². The van der Waals surface area contributed by atoms with Crippen LogP contribution in [-0.4, -0.2) is 36.4 Å². The summed E-state index contributed by atoms with van der Waals surface area (Å²) in [5.74, 6) is -1.14. The van der Waals surface area contributed by atoms with Gasteiger partial charge in [-0.05, 0) is 30.7 Å². The highest BCUT2D eigenvalue weighted by Crippen LogP contribution is 2.22. The number of hydrogen-bond donors (Lipinski definition) is 3. The van der Waals surface area contributed by atoms with E-state index in [1.54, 1.807) is 25.1 Å². The normalized spacial score (nSPS) is 10.2. The highest BCUT2D eigenvalue weighted by molar-refractivity contribution is 5.94. The number of hydrogen-bond acceptors (Lipinski definition) is 5. The molecule has 3 N–H and O–H groups in total. The third-order valence-corrected chi connectivity index (χ3v) is 3.94. The zero-order valence-corrected chi connectivity index (χ0v) is 15.3. The fraction of sp³-hybridized carbons (Fsp3) is 0.263. The van der Waals surface area contributed by atoms with Gasteiger partial charge in [-0.2, -0.15) is 0 Å². The van der Waals surface area contributed by atoms with Gasteiger partial charge in [0.05, 0.1) is 4.92 Å². The molecule has 0 radical (unpaired) electrons. The van der Waals surface area contributed by atoms with Crippen LogP contribution in [0.3, 0.4) is 0 Å². The Kier molecular flexibility index (Phi) is 7.44. The monoisotopic (exact) mass is 388 g/mol. The van der Waals surface area contributed by atoms with E-state index in [2.05, 4.69) is 16.0 Å². The summed E-state index contributed by atoms with van der Waals surface area (Å²) in [4.78, 5) is 34.1. The summed E-state index contributed by atoms with van der Waals surface area (Å²) in [5, 5.41) is 19.0. The van der Waals surface area contributed by atoms with E-state index in [0.29, 0.717) is 11.3 Å². The molecule has 0 atom stereocenters. The fourth-order valence-corrected chi connectivity index (χ4v) is 2.40. The summed E-state index contributed by atoms with van der Waals surface area (Å²) in [6.07, 6.45) is 0.114. The van der Waals surface area contributed by atoms with Crippen LogP contribution >= 0.6 is 0 Å². The molecular formula is C19H21FN4O4. The van der Waals surface area contributed by atoms with Crippen LogP contribution in [0, 0.1) is 22.9 Å². The molecule has 0 aromatic heterocycles. The van der Waals surface area contributed by atoms with Crippen LogP contribution < -0.4 is 16.0 Å². The number of halogens is 1. The number of carbonyl (C=O) groups is 2. The number of benzene rings is 2. The van der Waals surface area contributed by atoms with Gasteiger partial charge >= 0.3 is 0 Å². The first-order valence-electron chi connectivity index (χ1n) is 8.67. The van der Waals surface area contributed by atoms with Gasteiger partial charge in [0.25, 0.3) is 11.6 Å². The van der Waals surface area contributed by atoms with Crippen LogP contribution in [0.5, 0.6) is 0 Å². The Morgan fingerprint density at radius 3 is 2.50 bits per heavy atom. The molecule has 0 aliphatic carbocycles. The molecule has 2 aromatic rings. The predicted molar refractivity (Wildman–Crippen MR) is 103 cm³/mol. The van der Waals surface area contributed by atoms with Crippen molar-refractivity contribution in [1.82, 2.24) is 10.6 Å². The maximum atomic E-state index is 13.5. The standard InChI is InChI=1S/C19H21FN4O4/c1-13-6-7-14(12-15(13)20)19(26)23-11-10-22-18(25)8-9-21-16-4-2-3-5-17(16)24(27)28/h2-7,12,21H,8-11H2,1H3,(H,22,25)(H,23,26). The van der Waals surface area contributed by atoms with Crippen molar-refractivity contribution >= 4 is 23.2 Å². The molecule has 9 heteroatoms. The second-order valence-electron chi connectivity index (χ2n) is 6.02. The first kappa shape index (κ1) is 20.8. The van der Waals surface area contributed by atoms with Gasteiger partial charge < -0.3 is 16.0 Å². The molecule has 0 bridgehead atoms. The third kappa shape index (κ3) is 6.04. The molecule has 0 saturated heterocycles. The minimum Gasteiger partial charge on any atom is -0.379 e. The third-order valence-electron chi connectivity index (χ3n) is 3.94. The van der Waals surface area contributed by atoms with Crippen molar-refractivity contribution in [2.24, 2.45) is 0 Å². The quantitative estimate of drug-likeness (QED) is 0.347. The summed E-state index contributed by atoms with van der Waals surface area (Å²) >= 11 is 0. The number of carbonyl (C=O) groups excluding carboxylic acids is 2. The summed E-state index contributed by atoms with van der Waals surface area (Å²) in [5.41, 5.74) is 0.956. The number of anilines is 1. The lowest BCUT2D eigenvalue weighted by Crippen LogP contribution is -2.35. The van der Waals surface area contributed by atoms with Crippen molar-refractivity contribution in [1.29, 1.82) is 0 Å². The van der Waals surface area contributed by atoms with Gasteiger partial charge in [0.15, 0.2) is 0 Å².